The van der Waals surface area contributed by atoms with E-state index >= 15 is 0 Å². The fourth-order valence-electron chi connectivity index (χ4n) is 2.16. The SMILES string of the molecule is COCC[C@@H](OC(=O)c1ccc(-c2ccc(O)cc2)cc1)C(F)(F)F. The second kappa shape index (κ2) is 8.02. The second-order valence-electron chi connectivity index (χ2n) is 5.34. The Bertz CT molecular complexity index is 694. The van der Waals surface area contributed by atoms with Gasteiger partial charge in [-0.1, -0.05) is 24.3 Å². The number of rotatable bonds is 6. The van der Waals surface area contributed by atoms with E-state index in [1.54, 1.807) is 24.3 Å². The first-order valence-corrected chi connectivity index (χ1v) is 7.47. The van der Waals surface area contributed by atoms with Crippen molar-refractivity contribution in [2.24, 2.45) is 0 Å². The van der Waals surface area contributed by atoms with Gasteiger partial charge in [-0.15, -0.1) is 0 Å². The van der Waals surface area contributed by atoms with Crippen LogP contribution >= 0.6 is 0 Å². The molecule has 0 aliphatic rings. The quantitative estimate of drug-likeness (QED) is 0.791. The maximum absolute atomic E-state index is 12.9. The van der Waals surface area contributed by atoms with Gasteiger partial charge in [-0.3, -0.25) is 0 Å². The van der Waals surface area contributed by atoms with Gasteiger partial charge in [0, 0.05) is 13.5 Å². The summed E-state index contributed by atoms with van der Waals surface area (Å²) in [5.41, 5.74) is 1.57. The number of aromatic hydroxyl groups is 1. The molecule has 2 aromatic rings. The van der Waals surface area contributed by atoms with Crippen LogP contribution in [0.2, 0.25) is 0 Å². The summed E-state index contributed by atoms with van der Waals surface area (Å²) in [7, 11) is 1.28. The first-order chi connectivity index (χ1) is 11.8. The van der Waals surface area contributed by atoms with Crippen LogP contribution in [0.4, 0.5) is 13.2 Å². The minimum atomic E-state index is -4.65. The van der Waals surface area contributed by atoms with Crippen LogP contribution in [-0.2, 0) is 9.47 Å². The molecule has 0 aromatic heterocycles. The summed E-state index contributed by atoms with van der Waals surface area (Å²) in [6.45, 7) is -0.169. The van der Waals surface area contributed by atoms with Gasteiger partial charge in [-0.05, 0) is 35.4 Å². The van der Waals surface area contributed by atoms with Crippen molar-refractivity contribution < 1.29 is 32.5 Å². The van der Waals surface area contributed by atoms with Gasteiger partial charge in [0.15, 0.2) is 6.10 Å². The molecule has 0 unspecified atom stereocenters. The second-order valence-corrected chi connectivity index (χ2v) is 5.34. The van der Waals surface area contributed by atoms with Crippen molar-refractivity contribution in [3.05, 3.63) is 54.1 Å². The fraction of sp³-hybridized carbons (Fsp3) is 0.278. The Kier molecular flexibility index (Phi) is 6.03. The van der Waals surface area contributed by atoms with Gasteiger partial charge in [0.25, 0.3) is 0 Å². The highest BCUT2D eigenvalue weighted by molar-refractivity contribution is 5.90. The molecule has 1 atom stereocenters. The number of hydrogen-bond donors (Lipinski definition) is 1. The van der Waals surface area contributed by atoms with Gasteiger partial charge in [0.2, 0.25) is 0 Å². The van der Waals surface area contributed by atoms with Crippen LogP contribution in [0.25, 0.3) is 11.1 Å². The molecule has 0 heterocycles. The Morgan fingerprint density at radius 3 is 2.04 bits per heavy atom. The van der Waals surface area contributed by atoms with Gasteiger partial charge in [-0.25, -0.2) is 4.79 Å². The van der Waals surface area contributed by atoms with Crippen LogP contribution in [0.5, 0.6) is 5.75 Å². The number of halogens is 3. The number of phenols is 1. The van der Waals surface area contributed by atoms with Crippen molar-refractivity contribution in [3.63, 3.8) is 0 Å². The van der Waals surface area contributed by atoms with Crippen molar-refractivity contribution in [1.29, 1.82) is 0 Å². The summed E-state index contributed by atoms with van der Waals surface area (Å²) in [5, 5.41) is 9.27. The van der Waals surface area contributed by atoms with E-state index in [0.717, 1.165) is 11.1 Å². The van der Waals surface area contributed by atoms with Gasteiger partial charge in [0.05, 0.1) is 12.2 Å². The first-order valence-electron chi connectivity index (χ1n) is 7.47. The summed E-state index contributed by atoms with van der Waals surface area (Å²) < 4.78 is 47.9. The van der Waals surface area contributed by atoms with E-state index < -0.39 is 24.7 Å². The summed E-state index contributed by atoms with van der Waals surface area (Å²) >= 11 is 0. The Morgan fingerprint density at radius 1 is 1.04 bits per heavy atom. The van der Waals surface area contributed by atoms with E-state index in [0.29, 0.717) is 0 Å². The van der Waals surface area contributed by atoms with Crippen LogP contribution in [0.15, 0.2) is 48.5 Å². The van der Waals surface area contributed by atoms with Crippen molar-refractivity contribution in [2.45, 2.75) is 18.7 Å². The highest BCUT2D eigenvalue weighted by Crippen LogP contribution is 2.27. The minimum Gasteiger partial charge on any atom is -0.508 e. The zero-order valence-corrected chi connectivity index (χ0v) is 13.4. The number of methoxy groups -OCH3 is 1. The number of benzene rings is 2. The van der Waals surface area contributed by atoms with E-state index in [1.165, 1.54) is 31.4 Å². The topological polar surface area (TPSA) is 55.8 Å². The molecule has 25 heavy (non-hydrogen) atoms. The van der Waals surface area contributed by atoms with Gasteiger partial charge in [-0.2, -0.15) is 13.2 Å². The van der Waals surface area contributed by atoms with E-state index in [2.05, 4.69) is 9.47 Å². The molecule has 7 heteroatoms. The predicted molar refractivity (Wildman–Crippen MR) is 85.3 cm³/mol. The maximum Gasteiger partial charge on any atom is 0.425 e. The highest BCUT2D eigenvalue weighted by atomic mass is 19.4. The molecule has 0 bridgehead atoms. The lowest BCUT2D eigenvalue weighted by Gasteiger charge is -2.20. The van der Waals surface area contributed by atoms with Gasteiger partial charge in [0.1, 0.15) is 5.75 Å². The Labute approximate surface area is 142 Å². The maximum atomic E-state index is 12.9. The number of carbonyl (C=O) groups is 1. The first kappa shape index (κ1) is 18.8. The number of ether oxygens (including phenoxy) is 2. The molecule has 0 spiro atoms. The number of phenolic OH excluding ortho intramolecular Hbond substituents is 1. The lowest BCUT2D eigenvalue weighted by Crippen LogP contribution is -2.34. The minimum absolute atomic E-state index is 0.0224. The number of hydrogen-bond acceptors (Lipinski definition) is 4. The number of alkyl halides is 3. The largest absolute Gasteiger partial charge is 0.508 e. The molecule has 0 saturated heterocycles. The third kappa shape index (κ3) is 5.22. The molecule has 0 amide bonds. The zero-order valence-electron chi connectivity index (χ0n) is 13.4. The normalized spacial score (nSPS) is 12.6. The van der Waals surface area contributed by atoms with Crippen molar-refractivity contribution in [3.8, 4) is 16.9 Å². The van der Waals surface area contributed by atoms with E-state index in [1.807, 2.05) is 0 Å². The molecular weight excluding hydrogens is 337 g/mol. The average Bonchev–Trinajstić information content (AvgIpc) is 2.58. The summed E-state index contributed by atoms with van der Waals surface area (Å²) in [6.07, 6.45) is -7.32. The van der Waals surface area contributed by atoms with Gasteiger partial charge < -0.3 is 14.6 Å². The number of esters is 1. The lowest BCUT2D eigenvalue weighted by molar-refractivity contribution is -0.208. The van der Waals surface area contributed by atoms with Crippen LogP contribution in [0.3, 0.4) is 0 Å². The molecule has 1 N–H and O–H groups in total. The lowest BCUT2D eigenvalue weighted by atomic mass is 10.0. The molecule has 2 aromatic carbocycles. The van der Waals surface area contributed by atoms with Crippen LogP contribution in [0, 0.1) is 0 Å². The molecule has 134 valence electrons. The summed E-state index contributed by atoms with van der Waals surface area (Å²) in [4.78, 5) is 12.0. The van der Waals surface area contributed by atoms with Gasteiger partial charge >= 0.3 is 12.1 Å². The summed E-state index contributed by atoms with van der Waals surface area (Å²) in [6, 6.07) is 12.4. The molecule has 2 rings (SSSR count). The molecule has 0 saturated carbocycles. The van der Waals surface area contributed by atoms with Crippen molar-refractivity contribution >= 4 is 5.97 Å². The Morgan fingerprint density at radius 2 is 1.56 bits per heavy atom. The van der Waals surface area contributed by atoms with Crippen molar-refractivity contribution in [1.82, 2.24) is 0 Å². The summed E-state index contributed by atoms with van der Waals surface area (Å²) in [5.74, 6) is -0.922. The highest BCUT2D eigenvalue weighted by Gasteiger charge is 2.42. The van der Waals surface area contributed by atoms with Crippen LogP contribution in [0.1, 0.15) is 16.8 Å². The van der Waals surface area contributed by atoms with E-state index in [9.17, 15) is 23.1 Å². The van der Waals surface area contributed by atoms with Crippen LogP contribution in [-0.4, -0.2) is 37.1 Å². The van der Waals surface area contributed by atoms with E-state index in [-0.39, 0.29) is 17.9 Å². The molecule has 0 aliphatic carbocycles. The smallest absolute Gasteiger partial charge is 0.425 e. The number of carbonyl (C=O) groups excluding carboxylic acids is 1. The molecule has 4 nitrogen and oxygen atoms in total. The Hall–Kier alpha value is -2.54. The predicted octanol–water partition coefficient (Wildman–Crippen LogP) is 4.18. The third-order valence-electron chi connectivity index (χ3n) is 3.52. The van der Waals surface area contributed by atoms with Crippen molar-refractivity contribution in [2.75, 3.05) is 13.7 Å². The van der Waals surface area contributed by atoms with E-state index in [4.69, 9.17) is 0 Å². The molecule has 0 aliphatic heterocycles. The van der Waals surface area contributed by atoms with Crippen LogP contribution < -0.4 is 0 Å². The zero-order chi connectivity index (χ0) is 18.4. The molecule has 0 radical (unpaired) electrons. The molecular formula is C18H17F3O4. The fourth-order valence-corrected chi connectivity index (χ4v) is 2.16. The average molecular weight is 354 g/mol. The molecule has 0 fully saturated rings. The monoisotopic (exact) mass is 354 g/mol. The standard InChI is InChI=1S/C18H17F3O4/c1-24-11-10-16(18(19,20)21)25-17(23)14-4-2-12(3-5-14)13-6-8-15(22)9-7-13/h2-9,16,22H,10-11H2,1H3/t16-/m1/s1. The Balaban J connectivity index is 2.10. The third-order valence-corrected chi connectivity index (χ3v) is 3.52.